The number of aliphatic carboxylic acids is 2. The number of amides is 1. The number of nitrogens with one attached hydrogen (secondary N) is 1. The zero-order valence-electron chi connectivity index (χ0n) is 13.7. The van der Waals surface area contributed by atoms with Crippen LogP contribution in [-0.4, -0.2) is 46.0 Å². The molecule has 132 valence electrons. The van der Waals surface area contributed by atoms with Crippen LogP contribution in [0, 0.1) is 0 Å². The summed E-state index contributed by atoms with van der Waals surface area (Å²) < 4.78 is 10.1. The molecular weight excluding hydrogens is 318 g/mol. The second-order valence-electron chi connectivity index (χ2n) is 6.02. The molecule has 2 atom stereocenters. The fourth-order valence-electron chi connectivity index (χ4n) is 1.77. The molecule has 0 bridgehead atoms. The Morgan fingerprint density at radius 2 is 1.67 bits per heavy atom. The van der Waals surface area contributed by atoms with E-state index < -0.39 is 35.8 Å². The van der Waals surface area contributed by atoms with Crippen LogP contribution in [0.3, 0.4) is 0 Å². The van der Waals surface area contributed by atoms with Crippen molar-refractivity contribution in [2.75, 3.05) is 0 Å². The average Bonchev–Trinajstić information content (AvgIpc) is 2.45. The monoisotopic (exact) mass is 339 g/mol. The molecule has 0 fully saturated rings. The number of benzene rings is 1. The highest BCUT2D eigenvalue weighted by Gasteiger charge is 2.37. The molecule has 0 aliphatic heterocycles. The predicted octanol–water partition coefficient (Wildman–Crippen LogP) is 1.63. The molecule has 0 unspecified atom stereocenters. The maximum atomic E-state index is 11.7. The van der Waals surface area contributed by atoms with E-state index in [2.05, 4.69) is 0 Å². The largest absolute Gasteiger partial charge is 0.480 e. The van der Waals surface area contributed by atoms with Crippen molar-refractivity contribution in [3.63, 3.8) is 0 Å². The Kier molecular flexibility index (Phi) is 6.72. The van der Waals surface area contributed by atoms with Crippen molar-refractivity contribution in [2.45, 2.75) is 45.1 Å². The molecular formula is C16H21NO7. The first-order valence-corrected chi connectivity index (χ1v) is 7.21. The van der Waals surface area contributed by atoms with Crippen LogP contribution >= 0.6 is 0 Å². The van der Waals surface area contributed by atoms with Gasteiger partial charge < -0.3 is 25.0 Å². The normalized spacial score (nSPS) is 13.6. The number of carboxylic acids is 2. The van der Waals surface area contributed by atoms with Gasteiger partial charge in [-0.15, -0.1) is 0 Å². The van der Waals surface area contributed by atoms with Gasteiger partial charge in [-0.05, 0) is 26.3 Å². The molecule has 0 saturated carbocycles. The third-order valence-corrected chi connectivity index (χ3v) is 2.76. The molecule has 1 aromatic rings. The molecule has 0 saturated heterocycles. The van der Waals surface area contributed by atoms with E-state index in [1.54, 1.807) is 51.1 Å². The molecule has 1 rings (SSSR count). The van der Waals surface area contributed by atoms with Crippen molar-refractivity contribution in [3.8, 4) is 0 Å². The van der Waals surface area contributed by atoms with Crippen molar-refractivity contribution < 1.29 is 34.1 Å². The van der Waals surface area contributed by atoms with Crippen molar-refractivity contribution >= 4 is 18.0 Å². The molecule has 24 heavy (non-hydrogen) atoms. The van der Waals surface area contributed by atoms with E-state index in [1.165, 1.54) is 0 Å². The van der Waals surface area contributed by atoms with E-state index in [1.807, 2.05) is 5.32 Å². The van der Waals surface area contributed by atoms with Gasteiger partial charge in [0.25, 0.3) is 0 Å². The Bertz CT molecular complexity index is 580. The lowest BCUT2D eigenvalue weighted by atomic mass is 10.1. The number of hydrogen-bond donors (Lipinski definition) is 3. The molecule has 3 N–H and O–H groups in total. The first-order chi connectivity index (χ1) is 11.1. The third kappa shape index (κ3) is 6.66. The predicted molar refractivity (Wildman–Crippen MR) is 83.4 cm³/mol. The zero-order valence-corrected chi connectivity index (χ0v) is 13.7. The first-order valence-electron chi connectivity index (χ1n) is 7.21. The maximum Gasteiger partial charge on any atom is 0.408 e. The van der Waals surface area contributed by atoms with Gasteiger partial charge in [0.15, 0.2) is 12.1 Å². The molecule has 1 aromatic carbocycles. The minimum absolute atomic E-state index is 0.114. The van der Waals surface area contributed by atoms with Gasteiger partial charge in [0.2, 0.25) is 0 Å². The molecule has 8 nitrogen and oxygen atoms in total. The van der Waals surface area contributed by atoms with E-state index in [9.17, 15) is 24.6 Å². The fourth-order valence-corrected chi connectivity index (χ4v) is 1.77. The van der Waals surface area contributed by atoms with Gasteiger partial charge in [-0.3, -0.25) is 0 Å². The molecule has 1 amide bonds. The van der Waals surface area contributed by atoms with Gasteiger partial charge >= 0.3 is 18.0 Å². The fraction of sp³-hybridized carbons (Fsp3) is 0.438. The van der Waals surface area contributed by atoms with Crippen molar-refractivity contribution in [1.29, 1.82) is 0 Å². The summed E-state index contributed by atoms with van der Waals surface area (Å²) in [6, 6.07) is 6.87. The van der Waals surface area contributed by atoms with Crippen LogP contribution in [-0.2, 0) is 25.7 Å². The maximum absolute atomic E-state index is 11.7. The Morgan fingerprint density at radius 1 is 1.08 bits per heavy atom. The standard InChI is InChI=1S/C16H21NO7/c1-16(2,3)24-15(22)17-11(13(18)19)12(14(20)21)23-9-10-7-5-4-6-8-10/h4-8,11-12H,9H2,1-3H3,(H,17,22)(H,18,19)(H,20,21)/t11-,12-/m0/s1. The number of hydrogen-bond acceptors (Lipinski definition) is 5. The summed E-state index contributed by atoms with van der Waals surface area (Å²) >= 11 is 0. The number of alkyl carbamates (subject to hydrolysis) is 1. The lowest BCUT2D eigenvalue weighted by Gasteiger charge is -2.25. The topological polar surface area (TPSA) is 122 Å². The molecule has 0 radical (unpaired) electrons. The smallest absolute Gasteiger partial charge is 0.408 e. The Labute approximate surface area is 139 Å². The number of carboxylic acid groups (broad SMARTS) is 2. The molecule has 0 heterocycles. The minimum atomic E-state index is -1.79. The van der Waals surface area contributed by atoms with E-state index in [-0.39, 0.29) is 6.61 Å². The summed E-state index contributed by atoms with van der Waals surface area (Å²) in [5.41, 5.74) is -0.179. The summed E-state index contributed by atoms with van der Waals surface area (Å²) in [4.78, 5) is 34.4. The van der Waals surface area contributed by atoms with E-state index in [0.29, 0.717) is 5.56 Å². The van der Waals surface area contributed by atoms with Crippen LogP contribution in [0.5, 0.6) is 0 Å². The number of carbonyl (C=O) groups is 3. The van der Waals surface area contributed by atoms with Crippen LogP contribution < -0.4 is 5.32 Å². The highest BCUT2D eigenvalue weighted by atomic mass is 16.6. The van der Waals surface area contributed by atoms with Crippen LogP contribution in [0.1, 0.15) is 26.3 Å². The van der Waals surface area contributed by atoms with Crippen LogP contribution in [0.25, 0.3) is 0 Å². The lowest BCUT2D eigenvalue weighted by Crippen LogP contribution is -2.53. The Morgan fingerprint density at radius 3 is 2.12 bits per heavy atom. The van der Waals surface area contributed by atoms with Crippen LogP contribution in [0.15, 0.2) is 30.3 Å². The molecule has 0 aromatic heterocycles. The van der Waals surface area contributed by atoms with E-state index in [0.717, 1.165) is 0 Å². The highest BCUT2D eigenvalue weighted by Crippen LogP contribution is 2.10. The second-order valence-corrected chi connectivity index (χ2v) is 6.02. The summed E-state index contributed by atoms with van der Waals surface area (Å²) in [5.74, 6) is -3.05. The molecule has 8 heteroatoms. The quantitative estimate of drug-likeness (QED) is 0.690. The van der Waals surface area contributed by atoms with Crippen molar-refractivity contribution in [2.24, 2.45) is 0 Å². The summed E-state index contributed by atoms with van der Waals surface area (Å²) in [6.07, 6.45) is -2.81. The Balaban J connectivity index is 2.81. The van der Waals surface area contributed by atoms with Gasteiger partial charge in [0.05, 0.1) is 6.61 Å². The number of ether oxygens (including phenoxy) is 2. The minimum Gasteiger partial charge on any atom is -0.480 e. The highest BCUT2D eigenvalue weighted by molar-refractivity contribution is 5.87. The van der Waals surface area contributed by atoms with Gasteiger partial charge in [0, 0.05) is 0 Å². The number of carbonyl (C=O) groups excluding carboxylic acids is 1. The SMILES string of the molecule is CC(C)(C)OC(=O)N[C@H](C(=O)O)[C@H](OCc1ccccc1)C(=O)O. The molecule has 0 spiro atoms. The molecule has 0 aliphatic rings. The van der Waals surface area contributed by atoms with Gasteiger partial charge in [-0.1, -0.05) is 30.3 Å². The van der Waals surface area contributed by atoms with Crippen molar-refractivity contribution in [3.05, 3.63) is 35.9 Å². The number of rotatable bonds is 7. The summed E-state index contributed by atoms with van der Waals surface area (Å²) in [5, 5.41) is 20.5. The van der Waals surface area contributed by atoms with E-state index in [4.69, 9.17) is 9.47 Å². The first kappa shape index (κ1) is 19.4. The average molecular weight is 339 g/mol. The van der Waals surface area contributed by atoms with Crippen LogP contribution in [0.4, 0.5) is 4.79 Å². The summed E-state index contributed by atoms with van der Waals surface area (Å²) in [6.45, 7) is 4.69. The zero-order chi connectivity index (χ0) is 18.3. The summed E-state index contributed by atoms with van der Waals surface area (Å²) in [7, 11) is 0. The lowest BCUT2D eigenvalue weighted by molar-refractivity contribution is -0.161. The van der Waals surface area contributed by atoms with E-state index >= 15 is 0 Å². The van der Waals surface area contributed by atoms with Gasteiger partial charge in [0.1, 0.15) is 5.60 Å². The van der Waals surface area contributed by atoms with Gasteiger partial charge in [-0.25, -0.2) is 14.4 Å². The third-order valence-electron chi connectivity index (χ3n) is 2.76. The second kappa shape index (κ2) is 8.30. The van der Waals surface area contributed by atoms with Gasteiger partial charge in [-0.2, -0.15) is 0 Å². The van der Waals surface area contributed by atoms with Crippen LogP contribution in [0.2, 0.25) is 0 Å². The Hall–Kier alpha value is -2.61. The molecule has 0 aliphatic carbocycles. The van der Waals surface area contributed by atoms with Crippen molar-refractivity contribution in [1.82, 2.24) is 5.32 Å².